The Morgan fingerprint density at radius 1 is 1.38 bits per heavy atom. The first-order valence-electron chi connectivity index (χ1n) is 7.76. The molecular weight excluding hydrogens is 268 g/mol. The number of nitrogens with zero attached hydrogens (tertiary/aromatic N) is 2. The van der Waals surface area contributed by atoms with Crippen molar-refractivity contribution in [2.45, 2.75) is 45.8 Å². The van der Waals surface area contributed by atoms with Crippen LogP contribution in [0.15, 0.2) is 22.3 Å². The van der Waals surface area contributed by atoms with Crippen molar-refractivity contribution in [3.63, 3.8) is 0 Å². The molecule has 0 bridgehead atoms. The Labute approximate surface area is 128 Å². The van der Waals surface area contributed by atoms with Crippen molar-refractivity contribution in [2.75, 3.05) is 26.4 Å². The van der Waals surface area contributed by atoms with Crippen LogP contribution in [0.3, 0.4) is 0 Å². The minimum atomic E-state index is 0.130. The molecule has 2 unspecified atom stereocenters. The van der Waals surface area contributed by atoms with Gasteiger partial charge in [-0.25, -0.2) is 0 Å². The van der Waals surface area contributed by atoms with Gasteiger partial charge in [-0.2, -0.15) is 0 Å². The summed E-state index contributed by atoms with van der Waals surface area (Å²) in [4.78, 5) is 8.57. The van der Waals surface area contributed by atoms with Crippen LogP contribution in [0.4, 0.5) is 0 Å². The van der Waals surface area contributed by atoms with E-state index in [2.05, 4.69) is 25.6 Å². The molecule has 0 aromatic heterocycles. The molecule has 1 heterocycles. The quantitative estimate of drug-likeness (QED) is 0.460. The lowest BCUT2D eigenvalue weighted by molar-refractivity contribution is -0.0871. The summed E-state index contributed by atoms with van der Waals surface area (Å²) in [7, 11) is 0. The lowest BCUT2D eigenvalue weighted by atomic mass is 9.98. The zero-order chi connectivity index (χ0) is 15.5. The fourth-order valence-electron chi connectivity index (χ4n) is 2.07. The average molecular weight is 296 g/mol. The second-order valence-electron chi connectivity index (χ2n) is 4.98. The third kappa shape index (κ3) is 6.40. The molecule has 5 nitrogen and oxygen atoms in total. The maximum absolute atomic E-state index is 5.85. The highest BCUT2D eigenvalue weighted by Gasteiger charge is 2.23. The standard InChI is InChI=1S/C16H28N2O3/c1-5-15(13(8-9-17-4)10-19-7-3)18-16(6-2)21-14-11-20-12-14/h8-9,13-15H,4-7,10-12H2,1-3H3/b9-8-,18-16+. The van der Waals surface area contributed by atoms with Crippen LogP contribution in [0.5, 0.6) is 0 Å². The van der Waals surface area contributed by atoms with Gasteiger partial charge in [0.2, 0.25) is 0 Å². The van der Waals surface area contributed by atoms with E-state index in [1.54, 1.807) is 6.20 Å². The summed E-state index contributed by atoms with van der Waals surface area (Å²) in [6.07, 6.45) is 5.61. The zero-order valence-corrected chi connectivity index (χ0v) is 13.5. The first kappa shape index (κ1) is 17.9. The number of aliphatic imine (C=N–C) groups is 2. The zero-order valence-electron chi connectivity index (χ0n) is 13.5. The van der Waals surface area contributed by atoms with Gasteiger partial charge < -0.3 is 14.2 Å². The molecule has 0 amide bonds. The summed E-state index contributed by atoms with van der Waals surface area (Å²) in [5, 5.41) is 0. The smallest absolute Gasteiger partial charge is 0.183 e. The molecule has 1 saturated heterocycles. The Morgan fingerprint density at radius 2 is 2.14 bits per heavy atom. The highest BCUT2D eigenvalue weighted by Crippen LogP contribution is 2.17. The number of ether oxygens (including phenoxy) is 3. The molecule has 0 saturated carbocycles. The largest absolute Gasteiger partial charge is 0.473 e. The predicted octanol–water partition coefficient (Wildman–Crippen LogP) is 2.86. The molecule has 0 N–H and O–H groups in total. The van der Waals surface area contributed by atoms with E-state index in [1.165, 1.54) is 0 Å². The summed E-state index contributed by atoms with van der Waals surface area (Å²) < 4.78 is 16.5. The molecule has 2 atom stereocenters. The second kappa shape index (κ2) is 10.5. The van der Waals surface area contributed by atoms with Gasteiger partial charge in [0, 0.05) is 25.1 Å². The highest BCUT2D eigenvalue weighted by molar-refractivity contribution is 5.76. The summed E-state index contributed by atoms with van der Waals surface area (Å²) in [5.74, 6) is 0.986. The van der Waals surface area contributed by atoms with E-state index in [0.29, 0.717) is 26.4 Å². The molecule has 0 spiro atoms. The third-order valence-corrected chi connectivity index (χ3v) is 3.39. The molecular formula is C16H28N2O3. The van der Waals surface area contributed by atoms with Gasteiger partial charge in [0.05, 0.1) is 25.9 Å². The normalized spacial score (nSPS) is 19.3. The second-order valence-corrected chi connectivity index (χ2v) is 4.98. The Kier molecular flexibility index (Phi) is 8.94. The van der Waals surface area contributed by atoms with E-state index in [-0.39, 0.29) is 18.1 Å². The van der Waals surface area contributed by atoms with Crippen molar-refractivity contribution in [3.8, 4) is 0 Å². The molecule has 1 rings (SSSR count). The summed E-state index contributed by atoms with van der Waals surface area (Å²) in [6.45, 7) is 12.3. The van der Waals surface area contributed by atoms with Gasteiger partial charge in [0.25, 0.3) is 0 Å². The minimum Gasteiger partial charge on any atom is -0.473 e. The lowest BCUT2D eigenvalue weighted by Gasteiger charge is -2.28. The molecule has 120 valence electrons. The first-order valence-corrected chi connectivity index (χ1v) is 7.76. The molecule has 5 heteroatoms. The van der Waals surface area contributed by atoms with Crippen LogP contribution in [-0.4, -0.2) is 51.2 Å². The molecule has 1 aliphatic heterocycles. The maximum Gasteiger partial charge on any atom is 0.183 e. The lowest BCUT2D eigenvalue weighted by Crippen LogP contribution is -2.38. The van der Waals surface area contributed by atoms with Gasteiger partial charge in [-0.15, -0.1) is 0 Å². The van der Waals surface area contributed by atoms with E-state index in [9.17, 15) is 0 Å². The molecule has 0 aromatic carbocycles. The van der Waals surface area contributed by atoms with Crippen LogP contribution in [-0.2, 0) is 14.2 Å². The summed E-state index contributed by atoms with van der Waals surface area (Å²) >= 11 is 0. The van der Waals surface area contributed by atoms with Crippen LogP contribution >= 0.6 is 0 Å². The number of hydrogen-bond donors (Lipinski definition) is 0. The van der Waals surface area contributed by atoms with E-state index >= 15 is 0 Å². The van der Waals surface area contributed by atoms with Crippen molar-refractivity contribution in [1.29, 1.82) is 0 Å². The Hall–Kier alpha value is -1.20. The number of hydrogen-bond acceptors (Lipinski definition) is 5. The van der Waals surface area contributed by atoms with Gasteiger partial charge in [0.1, 0.15) is 6.10 Å². The fourth-order valence-corrected chi connectivity index (χ4v) is 2.07. The van der Waals surface area contributed by atoms with Crippen LogP contribution in [0, 0.1) is 5.92 Å². The van der Waals surface area contributed by atoms with Crippen molar-refractivity contribution in [2.24, 2.45) is 15.9 Å². The van der Waals surface area contributed by atoms with Crippen LogP contribution < -0.4 is 0 Å². The van der Waals surface area contributed by atoms with E-state index in [0.717, 1.165) is 18.7 Å². The van der Waals surface area contributed by atoms with Gasteiger partial charge >= 0.3 is 0 Å². The molecule has 1 aliphatic rings. The van der Waals surface area contributed by atoms with Crippen LogP contribution in [0.1, 0.15) is 33.6 Å². The van der Waals surface area contributed by atoms with Gasteiger partial charge in [0.15, 0.2) is 5.90 Å². The summed E-state index contributed by atoms with van der Waals surface area (Å²) in [5.41, 5.74) is 0. The minimum absolute atomic E-state index is 0.130. The monoisotopic (exact) mass is 296 g/mol. The first-order chi connectivity index (χ1) is 10.2. The van der Waals surface area contributed by atoms with Crippen molar-refractivity contribution in [3.05, 3.63) is 12.3 Å². The Balaban J connectivity index is 2.72. The Bertz CT molecular complexity index is 351. The fraction of sp³-hybridized carbons (Fsp3) is 0.750. The molecule has 0 aromatic rings. The molecule has 0 aliphatic carbocycles. The third-order valence-electron chi connectivity index (χ3n) is 3.39. The van der Waals surface area contributed by atoms with Gasteiger partial charge in [-0.1, -0.05) is 19.9 Å². The average Bonchev–Trinajstić information content (AvgIpc) is 2.46. The van der Waals surface area contributed by atoms with Gasteiger partial charge in [-0.3, -0.25) is 9.98 Å². The predicted molar refractivity (Wildman–Crippen MR) is 86.2 cm³/mol. The Morgan fingerprint density at radius 3 is 2.62 bits per heavy atom. The SMILES string of the molecule is C=N/C=C\C(COCC)C(CC)/N=C(\CC)OC1COC1. The van der Waals surface area contributed by atoms with Crippen LogP contribution in [0.2, 0.25) is 0 Å². The van der Waals surface area contributed by atoms with Crippen molar-refractivity contribution in [1.82, 2.24) is 0 Å². The number of rotatable bonds is 10. The molecule has 0 radical (unpaired) electrons. The van der Waals surface area contributed by atoms with Crippen LogP contribution in [0.25, 0.3) is 0 Å². The molecule has 1 fully saturated rings. The van der Waals surface area contributed by atoms with Crippen molar-refractivity contribution >= 4 is 12.6 Å². The highest BCUT2D eigenvalue weighted by atomic mass is 16.6. The summed E-state index contributed by atoms with van der Waals surface area (Å²) in [6, 6.07) is 0.130. The van der Waals surface area contributed by atoms with Crippen molar-refractivity contribution < 1.29 is 14.2 Å². The van der Waals surface area contributed by atoms with E-state index in [1.807, 2.05) is 13.0 Å². The topological polar surface area (TPSA) is 52.4 Å². The van der Waals surface area contributed by atoms with E-state index < -0.39 is 0 Å². The maximum atomic E-state index is 5.85. The van der Waals surface area contributed by atoms with Gasteiger partial charge in [-0.05, 0) is 20.1 Å². The van der Waals surface area contributed by atoms with E-state index in [4.69, 9.17) is 19.2 Å². The molecule has 21 heavy (non-hydrogen) atoms.